The number of imidazole rings is 1. The second kappa shape index (κ2) is 4.02. The Bertz CT molecular complexity index is 510. The molecule has 1 heterocycles. The summed E-state index contributed by atoms with van der Waals surface area (Å²) >= 11 is 0. The molecule has 2 aromatic rings. The molecule has 0 aliphatic heterocycles. The van der Waals surface area contributed by atoms with Crippen molar-refractivity contribution in [2.45, 2.75) is 6.10 Å². The minimum absolute atomic E-state index is 0.0140. The summed E-state index contributed by atoms with van der Waals surface area (Å²) in [4.78, 5) is 3.91. The molecule has 0 aliphatic carbocycles. The Morgan fingerprint density at radius 1 is 1.38 bits per heavy atom. The molecule has 0 saturated carbocycles. The second-order valence-corrected chi connectivity index (χ2v) is 3.53. The van der Waals surface area contributed by atoms with Crippen molar-refractivity contribution >= 4 is 0 Å². The summed E-state index contributed by atoms with van der Waals surface area (Å²) in [5.41, 5.74) is 0.341. The maximum Gasteiger partial charge on any atom is 0.132 e. The molecule has 0 amide bonds. The standard InChI is InChI=1S/C11H10F2N2O/c1-15-5-10(14-6-15)11(16)8-3-2-7(12)4-9(8)13/h2-6,11,16H,1H3. The maximum absolute atomic E-state index is 13.4. The predicted molar refractivity (Wildman–Crippen MR) is 53.6 cm³/mol. The van der Waals surface area contributed by atoms with Crippen LogP contribution in [0.5, 0.6) is 0 Å². The number of hydrogen-bond donors (Lipinski definition) is 1. The van der Waals surface area contributed by atoms with Crippen LogP contribution in [0.4, 0.5) is 8.78 Å². The number of rotatable bonds is 2. The highest BCUT2D eigenvalue weighted by Crippen LogP contribution is 2.23. The Hall–Kier alpha value is -1.75. The third-order valence-electron chi connectivity index (χ3n) is 2.26. The largest absolute Gasteiger partial charge is 0.382 e. The highest BCUT2D eigenvalue weighted by Gasteiger charge is 2.17. The van der Waals surface area contributed by atoms with Gasteiger partial charge in [-0.3, -0.25) is 0 Å². The zero-order valence-electron chi connectivity index (χ0n) is 8.56. The summed E-state index contributed by atoms with van der Waals surface area (Å²) in [7, 11) is 1.74. The van der Waals surface area contributed by atoms with Crippen molar-refractivity contribution in [3.8, 4) is 0 Å². The average molecular weight is 224 g/mol. The molecule has 1 atom stereocenters. The first-order valence-corrected chi connectivity index (χ1v) is 4.69. The second-order valence-electron chi connectivity index (χ2n) is 3.53. The van der Waals surface area contributed by atoms with Crippen LogP contribution >= 0.6 is 0 Å². The Balaban J connectivity index is 2.37. The molecule has 3 nitrogen and oxygen atoms in total. The van der Waals surface area contributed by atoms with Crippen molar-refractivity contribution in [1.29, 1.82) is 0 Å². The van der Waals surface area contributed by atoms with E-state index in [1.165, 1.54) is 12.4 Å². The summed E-state index contributed by atoms with van der Waals surface area (Å²) in [6.45, 7) is 0. The minimum atomic E-state index is -1.18. The number of aryl methyl sites for hydroxylation is 1. The van der Waals surface area contributed by atoms with E-state index < -0.39 is 17.7 Å². The van der Waals surface area contributed by atoms with E-state index in [1.54, 1.807) is 17.8 Å². The van der Waals surface area contributed by atoms with Gasteiger partial charge in [0.2, 0.25) is 0 Å². The normalized spacial score (nSPS) is 12.8. The molecule has 0 fully saturated rings. The number of aromatic nitrogens is 2. The predicted octanol–water partition coefficient (Wildman–Crippen LogP) is 1.78. The van der Waals surface area contributed by atoms with Crippen molar-refractivity contribution in [3.05, 3.63) is 53.6 Å². The summed E-state index contributed by atoms with van der Waals surface area (Å²) in [5.74, 6) is -1.45. The summed E-state index contributed by atoms with van der Waals surface area (Å²) in [5, 5.41) is 9.84. The molecule has 0 radical (unpaired) electrons. The molecule has 5 heteroatoms. The lowest BCUT2D eigenvalue weighted by molar-refractivity contribution is 0.210. The van der Waals surface area contributed by atoms with Crippen LogP contribution in [-0.4, -0.2) is 14.7 Å². The zero-order valence-corrected chi connectivity index (χ0v) is 8.56. The molecule has 16 heavy (non-hydrogen) atoms. The van der Waals surface area contributed by atoms with Crippen LogP contribution in [0.1, 0.15) is 17.4 Å². The van der Waals surface area contributed by atoms with Crippen LogP contribution in [0.25, 0.3) is 0 Å². The monoisotopic (exact) mass is 224 g/mol. The molecule has 1 aromatic carbocycles. The quantitative estimate of drug-likeness (QED) is 0.844. The van der Waals surface area contributed by atoms with E-state index in [9.17, 15) is 13.9 Å². The molecule has 0 saturated heterocycles. The van der Waals surface area contributed by atoms with Gasteiger partial charge in [-0.15, -0.1) is 0 Å². The molecule has 0 spiro atoms. The number of hydrogen-bond acceptors (Lipinski definition) is 2. The third-order valence-corrected chi connectivity index (χ3v) is 2.26. The highest BCUT2D eigenvalue weighted by molar-refractivity contribution is 5.26. The number of nitrogens with zero attached hydrogens (tertiary/aromatic N) is 2. The average Bonchev–Trinajstić information content (AvgIpc) is 2.64. The van der Waals surface area contributed by atoms with Crippen molar-refractivity contribution in [3.63, 3.8) is 0 Å². The fourth-order valence-corrected chi connectivity index (χ4v) is 1.46. The first-order valence-electron chi connectivity index (χ1n) is 4.69. The number of benzene rings is 1. The van der Waals surface area contributed by atoms with Gasteiger partial charge in [-0.1, -0.05) is 6.07 Å². The first-order chi connectivity index (χ1) is 7.58. The van der Waals surface area contributed by atoms with Crippen LogP contribution in [0.2, 0.25) is 0 Å². The summed E-state index contributed by atoms with van der Waals surface area (Å²) < 4.78 is 27.7. The third kappa shape index (κ3) is 1.94. The molecule has 1 aromatic heterocycles. The number of aliphatic hydroxyl groups excluding tert-OH is 1. The van der Waals surface area contributed by atoms with Gasteiger partial charge in [-0.05, 0) is 6.07 Å². The van der Waals surface area contributed by atoms with E-state index >= 15 is 0 Å². The SMILES string of the molecule is Cn1cnc(C(O)c2ccc(F)cc2F)c1. The van der Waals surface area contributed by atoms with Crippen molar-refractivity contribution < 1.29 is 13.9 Å². The smallest absolute Gasteiger partial charge is 0.132 e. The van der Waals surface area contributed by atoms with Crippen LogP contribution in [0.15, 0.2) is 30.7 Å². The van der Waals surface area contributed by atoms with E-state index in [4.69, 9.17) is 0 Å². The molecule has 0 bridgehead atoms. The van der Waals surface area contributed by atoms with Gasteiger partial charge < -0.3 is 9.67 Å². The molecule has 2 rings (SSSR count). The van der Waals surface area contributed by atoms with Crippen LogP contribution in [0.3, 0.4) is 0 Å². The van der Waals surface area contributed by atoms with Crippen molar-refractivity contribution in [2.75, 3.05) is 0 Å². The lowest BCUT2D eigenvalue weighted by Crippen LogP contribution is -2.03. The van der Waals surface area contributed by atoms with Gasteiger partial charge >= 0.3 is 0 Å². The lowest BCUT2D eigenvalue weighted by Gasteiger charge is -2.09. The van der Waals surface area contributed by atoms with E-state index in [-0.39, 0.29) is 5.56 Å². The first kappa shape index (κ1) is 10.8. The molecular weight excluding hydrogens is 214 g/mol. The summed E-state index contributed by atoms with van der Waals surface area (Å²) in [6.07, 6.45) is 1.90. The van der Waals surface area contributed by atoms with Gasteiger partial charge in [0.15, 0.2) is 0 Å². The zero-order chi connectivity index (χ0) is 11.7. The molecular formula is C11H10F2N2O. The van der Waals surface area contributed by atoms with Crippen molar-refractivity contribution in [2.24, 2.45) is 7.05 Å². The van der Waals surface area contributed by atoms with Gasteiger partial charge in [-0.2, -0.15) is 0 Å². The van der Waals surface area contributed by atoms with E-state index in [0.717, 1.165) is 12.1 Å². The Labute approximate surface area is 91.0 Å². The lowest BCUT2D eigenvalue weighted by atomic mass is 10.1. The topological polar surface area (TPSA) is 38.0 Å². The highest BCUT2D eigenvalue weighted by atomic mass is 19.1. The maximum atomic E-state index is 13.4. The fraction of sp³-hybridized carbons (Fsp3) is 0.182. The number of aliphatic hydroxyl groups is 1. The Morgan fingerprint density at radius 2 is 2.12 bits per heavy atom. The molecule has 1 N–H and O–H groups in total. The van der Waals surface area contributed by atoms with Gasteiger partial charge in [0.25, 0.3) is 0 Å². The van der Waals surface area contributed by atoms with Gasteiger partial charge in [0.1, 0.15) is 17.7 Å². The van der Waals surface area contributed by atoms with Crippen molar-refractivity contribution in [1.82, 2.24) is 9.55 Å². The minimum Gasteiger partial charge on any atom is -0.382 e. The molecule has 1 unspecified atom stereocenters. The Kier molecular flexibility index (Phi) is 2.70. The van der Waals surface area contributed by atoms with Crippen LogP contribution in [-0.2, 0) is 7.05 Å². The van der Waals surface area contributed by atoms with Gasteiger partial charge in [-0.25, -0.2) is 13.8 Å². The molecule has 84 valence electrons. The molecule has 0 aliphatic rings. The van der Waals surface area contributed by atoms with Crippen LogP contribution in [0, 0.1) is 11.6 Å². The van der Waals surface area contributed by atoms with E-state index in [1.807, 2.05) is 0 Å². The Morgan fingerprint density at radius 3 is 2.69 bits per heavy atom. The van der Waals surface area contributed by atoms with Gasteiger partial charge in [0, 0.05) is 24.9 Å². The van der Waals surface area contributed by atoms with Gasteiger partial charge in [0.05, 0.1) is 12.0 Å². The van der Waals surface area contributed by atoms with E-state index in [2.05, 4.69) is 4.98 Å². The van der Waals surface area contributed by atoms with Crippen LogP contribution < -0.4 is 0 Å². The van der Waals surface area contributed by atoms with E-state index in [0.29, 0.717) is 5.69 Å². The number of halogens is 2. The fourth-order valence-electron chi connectivity index (χ4n) is 1.46. The summed E-state index contributed by atoms with van der Waals surface area (Å²) in [6, 6.07) is 3.05.